The fraction of sp³-hybridized carbons (Fsp3) is 0.735. The van der Waals surface area contributed by atoms with Gasteiger partial charge in [-0.05, 0) is 97.6 Å². The molecule has 2 bridgehead atoms. The van der Waals surface area contributed by atoms with Gasteiger partial charge in [-0.1, -0.05) is 19.9 Å². The maximum Gasteiger partial charge on any atom is 0.482 e. The number of methoxy groups -OCH3 is 1. The number of carbonyl (C=O) groups is 3. The molecule has 3 aliphatic carbocycles. The third-order valence-corrected chi connectivity index (χ3v) is 10.2. The Kier molecular flexibility index (Phi) is 9.01. The Hall–Kier alpha value is -2.83. The van der Waals surface area contributed by atoms with Crippen LogP contribution in [0.1, 0.15) is 92.4 Å². The number of rotatable bonds is 6. The second-order valence-corrected chi connectivity index (χ2v) is 16.1. The van der Waals surface area contributed by atoms with Crippen molar-refractivity contribution in [3.8, 4) is 5.75 Å². The molecule has 0 spiro atoms. The molecule has 46 heavy (non-hydrogen) atoms. The van der Waals surface area contributed by atoms with Gasteiger partial charge in [0.05, 0.1) is 30.4 Å². The van der Waals surface area contributed by atoms with Gasteiger partial charge >= 0.3 is 19.2 Å². The van der Waals surface area contributed by atoms with E-state index >= 15 is 0 Å². The molecule has 3 saturated carbocycles. The van der Waals surface area contributed by atoms with E-state index in [1.165, 1.54) is 7.11 Å². The molecule has 1 N–H and O–H groups in total. The number of piperazine rings is 1. The van der Waals surface area contributed by atoms with Crippen LogP contribution in [-0.4, -0.2) is 91.6 Å². The number of ether oxygens (including phenoxy) is 3. The molecule has 0 aromatic heterocycles. The summed E-state index contributed by atoms with van der Waals surface area (Å²) in [5.41, 5.74) is -1.14. The molecular weight excluding hydrogens is 589 g/mol. The predicted octanol–water partition coefficient (Wildman–Crippen LogP) is 4.85. The van der Waals surface area contributed by atoms with Crippen LogP contribution in [0.2, 0.25) is 0 Å². The van der Waals surface area contributed by atoms with Crippen LogP contribution >= 0.6 is 0 Å². The topological polar surface area (TPSA) is 116 Å². The van der Waals surface area contributed by atoms with E-state index in [0.717, 1.165) is 12.8 Å². The summed E-state index contributed by atoms with van der Waals surface area (Å²) in [4.78, 5) is 44.2. The van der Waals surface area contributed by atoms with Crippen molar-refractivity contribution < 1.29 is 37.9 Å². The third kappa shape index (κ3) is 6.37. The smallest absolute Gasteiger partial charge is 0.482 e. The number of para-hydroxylation sites is 1. The molecule has 5 fully saturated rings. The molecule has 2 saturated heterocycles. The van der Waals surface area contributed by atoms with Gasteiger partial charge in [0.1, 0.15) is 22.8 Å². The fourth-order valence-corrected chi connectivity index (χ4v) is 7.77. The lowest BCUT2D eigenvalue weighted by molar-refractivity contribution is -0.199. The summed E-state index contributed by atoms with van der Waals surface area (Å²) in [6, 6.07) is 4.32. The number of hydrogen-bond donors (Lipinski definition) is 1. The van der Waals surface area contributed by atoms with Crippen molar-refractivity contribution in [3.05, 3.63) is 23.8 Å². The number of esters is 1. The highest BCUT2D eigenvalue weighted by Crippen LogP contribution is 2.65. The van der Waals surface area contributed by atoms with E-state index in [1.807, 2.05) is 27.7 Å². The molecule has 6 unspecified atom stereocenters. The highest BCUT2D eigenvalue weighted by atomic mass is 16.7. The summed E-state index contributed by atoms with van der Waals surface area (Å²) in [5, 5.41) is 3.30. The number of nitrogens with one attached hydrogen (secondary N) is 1. The zero-order valence-electron chi connectivity index (χ0n) is 29.4. The lowest BCUT2D eigenvalue weighted by Gasteiger charge is -2.64. The van der Waals surface area contributed by atoms with Gasteiger partial charge in [0.25, 0.3) is 0 Å². The van der Waals surface area contributed by atoms with Crippen LogP contribution < -0.4 is 15.0 Å². The first-order chi connectivity index (χ1) is 21.3. The van der Waals surface area contributed by atoms with Gasteiger partial charge in [-0.3, -0.25) is 4.79 Å². The largest absolute Gasteiger partial charge is 0.494 e. The molecular formula is C34H52BN3O8. The van der Waals surface area contributed by atoms with Crippen LogP contribution in [0.15, 0.2) is 18.2 Å². The maximum absolute atomic E-state index is 14.7. The van der Waals surface area contributed by atoms with Crippen LogP contribution in [0.25, 0.3) is 0 Å². The quantitative estimate of drug-likeness (QED) is 0.344. The summed E-state index contributed by atoms with van der Waals surface area (Å²) in [5.74, 6) is -0.359. The lowest BCUT2D eigenvalue weighted by atomic mass is 9.43. The van der Waals surface area contributed by atoms with E-state index in [9.17, 15) is 14.4 Å². The highest BCUT2D eigenvalue weighted by molar-refractivity contribution is 6.49. The van der Waals surface area contributed by atoms with Gasteiger partial charge in [0.2, 0.25) is 5.91 Å². The zero-order chi connectivity index (χ0) is 34.0. The summed E-state index contributed by atoms with van der Waals surface area (Å²) in [6.45, 7) is 20.4. The molecule has 254 valence electrons. The van der Waals surface area contributed by atoms with Crippen molar-refractivity contribution in [2.45, 2.75) is 117 Å². The number of benzene rings is 1. The Morgan fingerprint density at radius 3 is 2.35 bits per heavy atom. The van der Waals surface area contributed by atoms with Gasteiger partial charge in [0, 0.05) is 19.6 Å². The summed E-state index contributed by atoms with van der Waals surface area (Å²) < 4.78 is 30.6. The van der Waals surface area contributed by atoms with Crippen molar-refractivity contribution in [1.29, 1.82) is 0 Å². The summed E-state index contributed by atoms with van der Waals surface area (Å²) >= 11 is 0. The molecule has 11 nitrogen and oxygen atoms in total. The average molecular weight is 642 g/mol. The molecule has 6 rings (SSSR count). The minimum Gasteiger partial charge on any atom is -0.494 e. The lowest BCUT2D eigenvalue weighted by Crippen LogP contribution is -2.65. The van der Waals surface area contributed by atoms with Crippen molar-refractivity contribution in [1.82, 2.24) is 10.2 Å². The van der Waals surface area contributed by atoms with Crippen molar-refractivity contribution in [2.24, 2.45) is 17.3 Å². The van der Waals surface area contributed by atoms with Gasteiger partial charge in [-0.15, -0.1) is 0 Å². The zero-order valence-corrected chi connectivity index (χ0v) is 29.4. The van der Waals surface area contributed by atoms with Crippen LogP contribution in [0, 0.1) is 17.3 Å². The van der Waals surface area contributed by atoms with E-state index in [-0.39, 0.29) is 35.3 Å². The van der Waals surface area contributed by atoms with Gasteiger partial charge < -0.3 is 38.6 Å². The number of hydrogen-bond acceptors (Lipinski definition) is 9. The van der Waals surface area contributed by atoms with E-state index < -0.39 is 48.0 Å². The first kappa shape index (κ1) is 34.5. The number of anilines is 1. The Morgan fingerprint density at radius 1 is 1.07 bits per heavy atom. The van der Waals surface area contributed by atoms with Crippen molar-refractivity contribution >= 4 is 30.8 Å². The average Bonchev–Trinajstić information content (AvgIpc) is 3.32. The molecule has 1 aromatic rings. The monoisotopic (exact) mass is 641 g/mol. The Balaban J connectivity index is 1.50. The highest BCUT2D eigenvalue weighted by Gasteiger charge is 2.68. The summed E-state index contributed by atoms with van der Waals surface area (Å²) in [7, 11) is 0.742. The molecule has 12 heteroatoms. The van der Waals surface area contributed by atoms with Gasteiger partial charge in [-0.2, -0.15) is 0 Å². The maximum atomic E-state index is 14.7. The second kappa shape index (κ2) is 12.0. The number of nitrogens with zero attached hydrogens (tertiary/aromatic N) is 2. The molecule has 2 aliphatic heterocycles. The van der Waals surface area contributed by atoms with E-state index in [0.29, 0.717) is 30.6 Å². The second-order valence-electron chi connectivity index (χ2n) is 16.1. The Bertz CT molecular complexity index is 1360. The molecule has 0 radical (unpaired) electrons. The molecule has 1 aromatic carbocycles. The number of amides is 2. The normalized spacial score (nSPS) is 29.3. The van der Waals surface area contributed by atoms with E-state index in [1.54, 1.807) is 48.8 Å². The first-order valence-electron chi connectivity index (χ1n) is 16.5. The Morgan fingerprint density at radius 2 is 1.74 bits per heavy atom. The van der Waals surface area contributed by atoms with Crippen molar-refractivity contribution in [2.75, 3.05) is 31.6 Å². The molecule has 6 atom stereocenters. The third-order valence-electron chi connectivity index (χ3n) is 10.2. The van der Waals surface area contributed by atoms with Crippen LogP contribution in [-0.2, 0) is 23.6 Å². The molecule has 2 heterocycles. The van der Waals surface area contributed by atoms with E-state index in [2.05, 4.69) is 26.1 Å². The predicted molar refractivity (Wildman–Crippen MR) is 175 cm³/mol. The number of carbonyl (C=O) groups excluding carboxylic acids is 3. The fourth-order valence-electron chi connectivity index (χ4n) is 7.77. The van der Waals surface area contributed by atoms with Gasteiger partial charge in [0.15, 0.2) is 5.75 Å². The molecule has 5 aliphatic rings. The Labute approximate surface area is 274 Å². The van der Waals surface area contributed by atoms with Crippen molar-refractivity contribution in [3.63, 3.8) is 0 Å². The van der Waals surface area contributed by atoms with Crippen LogP contribution in [0.5, 0.6) is 5.75 Å². The first-order valence-corrected chi connectivity index (χ1v) is 16.5. The SMILES string of the molecule is COc1c(C(=O)OC(C)(C)C)cccc1N(C(=O)C1CN(C(=O)OC(C)(C)C)CCN1)C(C)B1OC2CC3CC(C3(C)C)C2(C)O1. The minimum absolute atomic E-state index is 0.0841. The standard InChI is InChI=1S/C34H52BN3O8/c1-20(35-45-26-18-21-17-25(33(21,8)9)34(26,10)46-35)38(24-14-12-13-22(27(24)42-11)29(40)43-31(2,3)4)28(39)23-19-37(16-15-36-23)30(41)44-32(5,6)7/h12-14,20-21,23,25-26,36H,15-19H2,1-11H3. The molecule has 2 amide bonds. The van der Waals surface area contributed by atoms with Gasteiger partial charge in [-0.25, -0.2) is 9.59 Å². The van der Waals surface area contributed by atoms with Crippen LogP contribution in [0.3, 0.4) is 0 Å². The minimum atomic E-state index is -0.760. The summed E-state index contributed by atoms with van der Waals surface area (Å²) in [6.07, 6.45) is 1.45. The van der Waals surface area contributed by atoms with E-state index in [4.69, 9.17) is 23.5 Å². The van der Waals surface area contributed by atoms with Crippen LogP contribution in [0.4, 0.5) is 10.5 Å².